The minimum atomic E-state index is -0.634. The molecule has 186 valence electrons. The number of rotatable bonds is 5. The maximum absolute atomic E-state index is 14.0. The van der Waals surface area contributed by atoms with E-state index in [1.54, 1.807) is 42.6 Å². The molecule has 2 aliphatic rings. The van der Waals surface area contributed by atoms with Gasteiger partial charge in [-0.15, -0.1) is 0 Å². The van der Waals surface area contributed by atoms with Crippen molar-refractivity contribution in [3.8, 4) is 23.2 Å². The van der Waals surface area contributed by atoms with Crippen molar-refractivity contribution in [1.29, 1.82) is 5.26 Å². The topological polar surface area (TPSA) is 127 Å². The first-order valence-electron chi connectivity index (χ1n) is 11.6. The predicted octanol–water partition coefficient (Wildman–Crippen LogP) is 4.51. The Balaban J connectivity index is 1.78. The first kappa shape index (κ1) is 24.3. The zero-order chi connectivity index (χ0) is 26.4. The molecule has 37 heavy (non-hydrogen) atoms. The minimum absolute atomic E-state index is 0.0705. The van der Waals surface area contributed by atoms with E-state index in [1.807, 2.05) is 18.4 Å². The largest absolute Gasteiger partial charge is 0.480 e. The first-order chi connectivity index (χ1) is 17.7. The quantitative estimate of drug-likeness (QED) is 0.530. The Morgan fingerprint density at radius 2 is 1.95 bits per heavy atom. The van der Waals surface area contributed by atoms with Crippen LogP contribution in [0.5, 0.6) is 5.88 Å². The summed E-state index contributed by atoms with van der Waals surface area (Å²) in [6.07, 6.45) is 4.83. The summed E-state index contributed by atoms with van der Waals surface area (Å²) in [7, 11) is 1.49. The number of nitriles is 1. The third-order valence-electron chi connectivity index (χ3n) is 6.46. The molecule has 9 nitrogen and oxygen atoms in total. The second-order valence-corrected chi connectivity index (χ2v) is 9.44. The number of hydrogen-bond donors (Lipinski definition) is 1. The van der Waals surface area contributed by atoms with E-state index in [9.17, 15) is 14.9 Å². The lowest BCUT2D eigenvalue weighted by molar-refractivity contribution is -0.116. The fraction of sp³-hybridized carbons (Fsp3) is 0.222. The summed E-state index contributed by atoms with van der Waals surface area (Å²) in [6, 6.07) is 10.2. The number of hydrogen-bond acceptors (Lipinski definition) is 7. The molecule has 1 amide bonds. The normalized spacial score (nSPS) is 17.0. The van der Waals surface area contributed by atoms with Gasteiger partial charge in [0.2, 0.25) is 11.8 Å². The van der Waals surface area contributed by atoms with Crippen LogP contribution < -0.4 is 10.5 Å². The molecular weight excluding hydrogens is 492 g/mol. The van der Waals surface area contributed by atoms with Crippen LogP contribution in [0.3, 0.4) is 0 Å². The number of halogens is 1. The van der Waals surface area contributed by atoms with Gasteiger partial charge < -0.3 is 15.0 Å². The second kappa shape index (κ2) is 9.22. The third-order valence-corrected chi connectivity index (χ3v) is 6.72. The second-order valence-electron chi connectivity index (χ2n) is 9.00. The number of amides is 1. The summed E-state index contributed by atoms with van der Waals surface area (Å²) in [6.45, 7) is 4.00. The van der Waals surface area contributed by atoms with Gasteiger partial charge in [0.05, 0.1) is 47.0 Å². The number of carbonyl (C=O) groups excluding carboxylic acids is 2. The lowest BCUT2D eigenvalue weighted by Gasteiger charge is -2.31. The van der Waals surface area contributed by atoms with E-state index in [1.165, 1.54) is 18.1 Å². The predicted molar refractivity (Wildman–Crippen MR) is 138 cm³/mol. The molecule has 0 radical (unpaired) electrons. The van der Waals surface area contributed by atoms with Crippen LogP contribution in [-0.2, 0) is 4.79 Å². The van der Waals surface area contributed by atoms with Crippen molar-refractivity contribution >= 4 is 29.2 Å². The van der Waals surface area contributed by atoms with Gasteiger partial charge in [0.1, 0.15) is 6.04 Å². The van der Waals surface area contributed by atoms with Crippen LogP contribution in [0.25, 0.3) is 11.3 Å². The molecule has 0 saturated heterocycles. The van der Waals surface area contributed by atoms with Crippen molar-refractivity contribution in [3.05, 3.63) is 81.8 Å². The van der Waals surface area contributed by atoms with Crippen molar-refractivity contribution in [2.24, 2.45) is 0 Å². The number of Topliss-reactive ketones (excluding diaryl/α,β-unsaturated/α-hetero) is 1. The van der Waals surface area contributed by atoms with Gasteiger partial charge >= 0.3 is 0 Å². The highest BCUT2D eigenvalue weighted by Crippen LogP contribution is 2.47. The highest BCUT2D eigenvalue weighted by Gasteiger charge is 2.45. The molecular formula is C27H23ClN6O3. The lowest BCUT2D eigenvalue weighted by atomic mass is 9.99. The highest BCUT2D eigenvalue weighted by molar-refractivity contribution is 6.32. The first-order valence-corrected chi connectivity index (χ1v) is 12.0. The Kier molecular flexibility index (Phi) is 6.05. The van der Waals surface area contributed by atoms with Crippen molar-refractivity contribution in [2.75, 3.05) is 12.8 Å². The number of methoxy groups -OCH3 is 1. The number of ether oxygens (including phenoxy) is 1. The number of fused-ring (bicyclic) bond motifs is 1. The van der Waals surface area contributed by atoms with Gasteiger partial charge in [0.25, 0.3) is 5.91 Å². The van der Waals surface area contributed by atoms with Crippen LogP contribution in [-0.4, -0.2) is 38.2 Å². The number of aromatic nitrogens is 3. The van der Waals surface area contributed by atoms with Gasteiger partial charge in [-0.2, -0.15) is 10.2 Å². The lowest BCUT2D eigenvalue weighted by Crippen LogP contribution is -2.33. The van der Waals surface area contributed by atoms with Crippen molar-refractivity contribution in [3.63, 3.8) is 0 Å². The Labute approximate surface area is 218 Å². The van der Waals surface area contributed by atoms with Crippen LogP contribution in [0.1, 0.15) is 59.5 Å². The van der Waals surface area contributed by atoms with Crippen LogP contribution in [0.4, 0.5) is 5.95 Å². The fourth-order valence-corrected chi connectivity index (χ4v) is 5.08. The monoisotopic (exact) mass is 514 g/mol. The zero-order valence-electron chi connectivity index (χ0n) is 20.4. The molecule has 0 bridgehead atoms. The summed E-state index contributed by atoms with van der Waals surface area (Å²) in [5.41, 5.74) is 9.65. The molecule has 3 heterocycles. The standard InChI is InChI=1S/C27H23ClN6O3/c1-14(2)33-20(19-13-31-27(30)32-25(19)37-3)11-18-24(33)23(16-6-4-15(12-29)5-7-16)34(26(18)36)21-10-17(28)8-9-22(21)35/h4-8,10-11,13-14,23H,9H2,1-3H3,(H2,30,31,32). The molecule has 1 aliphatic heterocycles. The van der Waals surface area contributed by atoms with E-state index in [0.29, 0.717) is 33.1 Å². The van der Waals surface area contributed by atoms with Crippen LogP contribution in [0.15, 0.2) is 59.4 Å². The number of benzene rings is 1. The summed E-state index contributed by atoms with van der Waals surface area (Å²) in [5, 5.41) is 9.70. The molecule has 3 aromatic rings. The fourth-order valence-electron chi connectivity index (χ4n) is 4.90. The number of carbonyl (C=O) groups is 2. The molecule has 1 atom stereocenters. The number of ketones is 1. The number of nitrogens with two attached hydrogens (primary N) is 1. The molecule has 1 aliphatic carbocycles. The molecule has 0 fully saturated rings. The van der Waals surface area contributed by atoms with E-state index in [2.05, 4.69) is 16.0 Å². The van der Waals surface area contributed by atoms with E-state index in [0.717, 1.165) is 5.56 Å². The summed E-state index contributed by atoms with van der Waals surface area (Å²) < 4.78 is 7.50. The van der Waals surface area contributed by atoms with Crippen molar-refractivity contribution < 1.29 is 14.3 Å². The average molecular weight is 515 g/mol. The number of nitrogens with zero attached hydrogens (tertiary/aromatic N) is 5. The number of allylic oxidation sites excluding steroid dienone is 4. The molecule has 0 saturated carbocycles. The van der Waals surface area contributed by atoms with Crippen LogP contribution >= 0.6 is 11.6 Å². The summed E-state index contributed by atoms with van der Waals surface area (Å²) >= 11 is 6.27. The Morgan fingerprint density at radius 3 is 2.59 bits per heavy atom. The SMILES string of the molecule is COc1nc(N)ncc1-c1cc2c(n1C(C)C)C(c1ccc(C#N)cc1)N(C1=CC(Cl)=CCC1=O)C2=O. The molecule has 1 aromatic carbocycles. The molecule has 10 heteroatoms. The van der Waals surface area contributed by atoms with Crippen molar-refractivity contribution in [1.82, 2.24) is 19.4 Å². The Hall–Kier alpha value is -4.42. The number of anilines is 1. The Bertz CT molecular complexity index is 1550. The van der Waals surface area contributed by atoms with Gasteiger partial charge in [-0.1, -0.05) is 29.8 Å². The van der Waals surface area contributed by atoms with Gasteiger partial charge in [0.15, 0.2) is 5.78 Å². The number of nitrogen functional groups attached to an aromatic ring is 1. The maximum atomic E-state index is 14.0. The Morgan fingerprint density at radius 1 is 1.22 bits per heavy atom. The molecule has 0 spiro atoms. The highest BCUT2D eigenvalue weighted by atomic mass is 35.5. The van der Waals surface area contributed by atoms with E-state index in [4.69, 9.17) is 22.1 Å². The van der Waals surface area contributed by atoms with Crippen LogP contribution in [0.2, 0.25) is 0 Å². The minimum Gasteiger partial charge on any atom is -0.480 e. The van der Waals surface area contributed by atoms with E-state index >= 15 is 0 Å². The smallest absolute Gasteiger partial charge is 0.261 e. The zero-order valence-corrected chi connectivity index (χ0v) is 21.2. The molecule has 5 rings (SSSR count). The van der Waals surface area contributed by atoms with Crippen molar-refractivity contribution in [2.45, 2.75) is 32.4 Å². The van der Waals surface area contributed by atoms with Crippen LogP contribution in [0, 0.1) is 11.3 Å². The van der Waals surface area contributed by atoms with Gasteiger partial charge in [-0.25, -0.2) is 4.98 Å². The van der Waals surface area contributed by atoms with E-state index in [-0.39, 0.29) is 41.7 Å². The molecule has 2 N–H and O–H groups in total. The van der Waals surface area contributed by atoms with Gasteiger partial charge in [-0.05, 0) is 43.7 Å². The third kappa shape index (κ3) is 3.96. The summed E-state index contributed by atoms with van der Waals surface area (Å²) in [5.74, 6) is -0.175. The molecule has 1 unspecified atom stereocenters. The van der Waals surface area contributed by atoms with Gasteiger partial charge in [0, 0.05) is 23.7 Å². The maximum Gasteiger partial charge on any atom is 0.261 e. The van der Waals surface area contributed by atoms with E-state index < -0.39 is 6.04 Å². The molecule has 2 aromatic heterocycles. The average Bonchev–Trinajstić information content (AvgIpc) is 3.40. The van der Waals surface area contributed by atoms with Gasteiger partial charge in [-0.3, -0.25) is 14.5 Å². The summed E-state index contributed by atoms with van der Waals surface area (Å²) in [4.78, 5) is 36.8.